The summed E-state index contributed by atoms with van der Waals surface area (Å²) in [7, 11) is 1.17. The summed E-state index contributed by atoms with van der Waals surface area (Å²) in [5.41, 5.74) is 5.40. The van der Waals surface area contributed by atoms with Gasteiger partial charge in [0.2, 0.25) is 0 Å². The van der Waals surface area contributed by atoms with E-state index < -0.39 is 17.8 Å². The van der Waals surface area contributed by atoms with Crippen LogP contribution in [0.5, 0.6) is 5.75 Å². The quantitative estimate of drug-likeness (QED) is 0.688. The van der Waals surface area contributed by atoms with Crippen molar-refractivity contribution < 1.29 is 19.0 Å². The maximum Gasteiger partial charge on any atom is 0.327 e. The van der Waals surface area contributed by atoms with Gasteiger partial charge in [0.05, 0.1) is 7.11 Å². The molecule has 0 fully saturated rings. The van der Waals surface area contributed by atoms with Crippen LogP contribution in [0.15, 0.2) is 18.2 Å². The highest BCUT2D eigenvalue weighted by molar-refractivity contribution is 5.77. The Morgan fingerprint density at radius 2 is 2.29 bits per heavy atom. The number of rotatable bonds is 2. The second-order valence-electron chi connectivity index (χ2n) is 2.71. The van der Waals surface area contributed by atoms with E-state index in [1.54, 1.807) is 0 Å². The fraction of sp³-hybridized carbons (Fsp3) is 0.222. The lowest BCUT2D eigenvalue weighted by Crippen LogP contribution is -2.23. The van der Waals surface area contributed by atoms with E-state index in [1.165, 1.54) is 19.2 Å². The van der Waals surface area contributed by atoms with Crippen LogP contribution < -0.4 is 5.73 Å². The van der Waals surface area contributed by atoms with Crippen molar-refractivity contribution in [3.63, 3.8) is 0 Å². The summed E-state index contributed by atoms with van der Waals surface area (Å²) in [6, 6.07) is 2.21. The van der Waals surface area contributed by atoms with Gasteiger partial charge in [-0.2, -0.15) is 0 Å². The Labute approximate surface area is 80.1 Å². The summed E-state index contributed by atoms with van der Waals surface area (Å²) in [6.07, 6.45) is 0. The Morgan fingerprint density at radius 3 is 2.79 bits per heavy atom. The molecule has 76 valence electrons. The fourth-order valence-corrected chi connectivity index (χ4v) is 1.02. The Hall–Kier alpha value is -1.62. The normalized spacial score (nSPS) is 12.2. The Kier molecular flexibility index (Phi) is 3.03. The first-order valence-electron chi connectivity index (χ1n) is 3.88. The average Bonchev–Trinajstić information content (AvgIpc) is 2.15. The number of benzene rings is 1. The van der Waals surface area contributed by atoms with Gasteiger partial charge in [-0.25, -0.2) is 4.39 Å². The molecular weight excluding hydrogens is 189 g/mol. The predicted molar refractivity (Wildman–Crippen MR) is 47.0 cm³/mol. The van der Waals surface area contributed by atoms with E-state index in [2.05, 4.69) is 4.74 Å². The molecule has 1 atom stereocenters. The Morgan fingerprint density at radius 1 is 1.64 bits per heavy atom. The van der Waals surface area contributed by atoms with Gasteiger partial charge in [-0.05, 0) is 6.07 Å². The molecule has 0 saturated heterocycles. The van der Waals surface area contributed by atoms with Gasteiger partial charge in [0.25, 0.3) is 0 Å². The van der Waals surface area contributed by atoms with Gasteiger partial charge in [-0.1, -0.05) is 6.07 Å². The molecule has 1 aromatic carbocycles. The first-order valence-corrected chi connectivity index (χ1v) is 3.88. The largest absolute Gasteiger partial charge is 0.508 e. The van der Waals surface area contributed by atoms with Gasteiger partial charge >= 0.3 is 5.97 Å². The summed E-state index contributed by atoms with van der Waals surface area (Å²) in [6.45, 7) is 0. The first kappa shape index (κ1) is 10.5. The summed E-state index contributed by atoms with van der Waals surface area (Å²) in [4.78, 5) is 11.0. The number of hydrogen-bond acceptors (Lipinski definition) is 4. The number of carbonyl (C=O) groups is 1. The summed E-state index contributed by atoms with van der Waals surface area (Å²) < 4.78 is 17.5. The molecule has 0 spiro atoms. The standard InChI is InChI=1S/C9H10FNO3/c1-14-9(13)8(11)6-3-2-5(12)4-7(6)10/h2-4,8,12H,11H2,1H3/t8-/m1/s1. The minimum Gasteiger partial charge on any atom is -0.508 e. The van der Waals surface area contributed by atoms with Gasteiger partial charge in [0, 0.05) is 11.6 Å². The first-order chi connectivity index (χ1) is 6.56. The Bertz CT molecular complexity index is 354. The molecule has 0 unspecified atom stereocenters. The van der Waals surface area contributed by atoms with Gasteiger partial charge in [0.1, 0.15) is 17.6 Å². The minimum atomic E-state index is -1.17. The number of methoxy groups -OCH3 is 1. The number of esters is 1. The third-order valence-corrected chi connectivity index (χ3v) is 1.77. The van der Waals surface area contributed by atoms with Gasteiger partial charge in [-0.15, -0.1) is 0 Å². The number of halogens is 1. The van der Waals surface area contributed by atoms with Crippen LogP contribution in [0.2, 0.25) is 0 Å². The molecule has 0 heterocycles. The molecule has 0 radical (unpaired) electrons. The maximum atomic E-state index is 13.1. The zero-order valence-corrected chi connectivity index (χ0v) is 7.53. The van der Waals surface area contributed by atoms with Crippen LogP contribution in [-0.4, -0.2) is 18.2 Å². The van der Waals surface area contributed by atoms with Crippen molar-refractivity contribution in [2.24, 2.45) is 5.73 Å². The molecule has 14 heavy (non-hydrogen) atoms. The highest BCUT2D eigenvalue weighted by Crippen LogP contribution is 2.20. The Balaban J connectivity index is 3.01. The SMILES string of the molecule is COC(=O)[C@H](N)c1ccc(O)cc1F. The van der Waals surface area contributed by atoms with Crippen LogP contribution in [0, 0.1) is 5.82 Å². The van der Waals surface area contributed by atoms with Crippen molar-refractivity contribution in [3.05, 3.63) is 29.6 Å². The van der Waals surface area contributed by atoms with Crippen LogP contribution in [0.1, 0.15) is 11.6 Å². The number of phenolic OH excluding ortho intramolecular Hbond substituents is 1. The van der Waals surface area contributed by atoms with Crippen LogP contribution >= 0.6 is 0 Å². The van der Waals surface area contributed by atoms with Crippen molar-refractivity contribution in [3.8, 4) is 5.75 Å². The van der Waals surface area contributed by atoms with E-state index >= 15 is 0 Å². The molecule has 3 N–H and O–H groups in total. The van der Waals surface area contributed by atoms with Crippen molar-refractivity contribution in [2.45, 2.75) is 6.04 Å². The summed E-state index contributed by atoms with van der Waals surface area (Å²) in [5.74, 6) is -1.68. The summed E-state index contributed by atoms with van der Waals surface area (Å²) in [5, 5.41) is 8.92. The van der Waals surface area contributed by atoms with E-state index in [0.717, 1.165) is 6.07 Å². The van der Waals surface area contributed by atoms with Crippen LogP contribution in [-0.2, 0) is 9.53 Å². The minimum absolute atomic E-state index is 0.00495. The smallest absolute Gasteiger partial charge is 0.327 e. The van der Waals surface area contributed by atoms with Crippen molar-refractivity contribution in [1.29, 1.82) is 0 Å². The second-order valence-corrected chi connectivity index (χ2v) is 2.71. The van der Waals surface area contributed by atoms with Crippen LogP contribution in [0.4, 0.5) is 4.39 Å². The maximum absolute atomic E-state index is 13.1. The molecule has 1 rings (SSSR count). The van der Waals surface area contributed by atoms with Crippen LogP contribution in [0.3, 0.4) is 0 Å². The molecule has 0 aromatic heterocycles. The van der Waals surface area contributed by atoms with E-state index in [-0.39, 0.29) is 11.3 Å². The lowest BCUT2D eigenvalue weighted by molar-refractivity contribution is -0.142. The highest BCUT2D eigenvalue weighted by Gasteiger charge is 2.19. The topological polar surface area (TPSA) is 72.5 Å². The van der Waals surface area contributed by atoms with Gasteiger partial charge in [0.15, 0.2) is 0 Å². The average molecular weight is 199 g/mol. The lowest BCUT2D eigenvalue weighted by Gasteiger charge is -2.10. The molecule has 0 aliphatic rings. The zero-order chi connectivity index (χ0) is 10.7. The molecule has 0 aliphatic carbocycles. The molecule has 0 amide bonds. The highest BCUT2D eigenvalue weighted by atomic mass is 19.1. The van der Waals surface area contributed by atoms with E-state index in [0.29, 0.717) is 0 Å². The van der Waals surface area contributed by atoms with Crippen LogP contribution in [0.25, 0.3) is 0 Å². The number of ether oxygens (including phenoxy) is 1. The predicted octanol–water partition coefficient (Wildman–Crippen LogP) is 0.704. The molecule has 4 nitrogen and oxygen atoms in total. The summed E-state index contributed by atoms with van der Waals surface area (Å²) >= 11 is 0. The fourth-order valence-electron chi connectivity index (χ4n) is 1.02. The van der Waals surface area contributed by atoms with Crippen molar-refractivity contribution in [1.82, 2.24) is 0 Å². The molecule has 0 bridgehead atoms. The number of nitrogens with two attached hydrogens (primary N) is 1. The van der Waals surface area contributed by atoms with E-state index in [4.69, 9.17) is 10.8 Å². The monoisotopic (exact) mass is 199 g/mol. The number of phenols is 1. The zero-order valence-electron chi connectivity index (χ0n) is 7.53. The third-order valence-electron chi connectivity index (χ3n) is 1.77. The molecule has 1 aromatic rings. The van der Waals surface area contributed by atoms with Crippen molar-refractivity contribution >= 4 is 5.97 Å². The number of carbonyl (C=O) groups excluding carboxylic acids is 1. The lowest BCUT2D eigenvalue weighted by atomic mass is 10.1. The second kappa shape index (κ2) is 4.06. The molecule has 5 heteroatoms. The molecule has 0 saturated carbocycles. The molecule has 0 aliphatic heterocycles. The van der Waals surface area contributed by atoms with Crippen molar-refractivity contribution in [2.75, 3.05) is 7.11 Å². The number of aromatic hydroxyl groups is 1. The van der Waals surface area contributed by atoms with Gasteiger partial charge < -0.3 is 15.6 Å². The van der Waals surface area contributed by atoms with E-state index in [1.807, 2.05) is 0 Å². The third kappa shape index (κ3) is 2.00. The van der Waals surface area contributed by atoms with Gasteiger partial charge in [-0.3, -0.25) is 4.79 Å². The number of hydrogen-bond donors (Lipinski definition) is 2. The molecular formula is C9H10FNO3. The van der Waals surface area contributed by atoms with E-state index in [9.17, 15) is 9.18 Å².